The van der Waals surface area contributed by atoms with E-state index < -0.39 is 42.3 Å². The topological polar surface area (TPSA) is 96.7 Å². The lowest BCUT2D eigenvalue weighted by Gasteiger charge is -2.45. The van der Waals surface area contributed by atoms with Crippen LogP contribution in [0.25, 0.3) is 10.9 Å². The molecule has 2 amide bonds. The summed E-state index contributed by atoms with van der Waals surface area (Å²) in [6.45, 7) is 7.19. The number of hydrogen-bond donors (Lipinski definition) is 2. The molecule has 2 N–H and O–H groups in total. The Morgan fingerprint density at radius 1 is 1.18 bits per heavy atom. The zero-order chi connectivity index (χ0) is 28.2. The third-order valence-electron chi connectivity index (χ3n) is 7.35. The average Bonchev–Trinajstić information content (AvgIpc) is 3.30. The van der Waals surface area contributed by atoms with E-state index in [1.165, 1.54) is 5.56 Å². The predicted octanol–water partition coefficient (Wildman–Crippen LogP) is 5.80. The minimum absolute atomic E-state index is 0.314. The van der Waals surface area contributed by atoms with Crippen LogP contribution in [0.1, 0.15) is 63.6 Å². The van der Waals surface area contributed by atoms with Crippen molar-refractivity contribution in [1.82, 2.24) is 19.8 Å². The number of ether oxygens (including phenoxy) is 1. The van der Waals surface area contributed by atoms with Gasteiger partial charge in [0, 0.05) is 49.8 Å². The average molecular weight is 543 g/mol. The second kappa shape index (κ2) is 11.6. The van der Waals surface area contributed by atoms with Gasteiger partial charge in [0.05, 0.1) is 18.2 Å². The van der Waals surface area contributed by atoms with E-state index in [0.717, 1.165) is 35.9 Å². The number of fused-ring (bicyclic) bond motifs is 1. The number of rotatable bonds is 12. The number of unbranched alkanes of at least 4 members (excludes halogenated alkanes) is 1. The largest absolute Gasteiger partial charge is 0.479 e. The Morgan fingerprint density at radius 3 is 2.51 bits per heavy atom. The third-order valence-corrected chi connectivity index (χ3v) is 7.35. The van der Waals surface area contributed by atoms with Gasteiger partial charge in [-0.1, -0.05) is 30.3 Å². The maximum atomic E-state index is 13.8. The predicted molar refractivity (Wildman–Crippen MR) is 144 cm³/mol. The van der Waals surface area contributed by atoms with E-state index in [4.69, 9.17) is 4.74 Å². The van der Waals surface area contributed by atoms with Gasteiger partial charge in [0.25, 0.3) is 5.92 Å². The van der Waals surface area contributed by atoms with Crippen molar-refractivity contribution in [3.8, 4) is 5.88 Å². The van der Waals surface area contributed by atoms with Gasteiger partial charge in [0.2, 0.25) is 5.88 Å². The fraction of sp³-hybridized carbons (Fsp3) is 0.483. The smallest absolute Gasteiger partial charge is 0.329 e. The van der Waals surface area contributed by atoms with Crippen molar-refractivity contribution in [2.75, 3.05) is 13.2 Å². The number of aromatic nitrogens is 2. The number of nitrogens with zero attached hydrogens (tertiary/aromatic N) is 3. The van der Waals surface area contributed by atoms with Crippen LogP contribution in [0.4, 0.5) is 13.6 Å². The van der Waals surface area contributed by atoms with Gasteiger partial charge in [-0.3, -0.25) is 0 Å². The highest BCUT2D eigenvalue weighted by Crippen LogP contribution is 2.46. The van der Waals surface area contributed by atoms with Gasteiger partial charge >= 0.3 is 12.0 Å². The monoisotopic (exact) mass is 542 g/mol. The first-order valence-electron chi connectivity index (χ1n) is 13.4. The van der Waals surface area contributed by atoms with E-state index in [9.17, 15) is 23.5 Å². The number of benzene rings is 1. The molecule has 1 fully saturated rings. The number of carbonyl (C=O) groups excluding carboxylic acids is 1. The maximum Gasteiger partial charge on any atom is 0.329 e. The van der Waals surface area contributed by atoms with Gasteiger partial charge in [-0.15, -0.1) is 0 Å². The van der Waals surface area contributed by atoms with E-state index >= 15 is 0 Å². The van der Waals surface area contributed by atoms with Crippen LogP contribution in [0, 0.1) is 0 Å². The van der Waals surface area contributed by atoms with Gasteiger partial charge in [-0.2, -0.15) is 0 Å². The molecule has 0 spiro atoms. The summed E-state index contributed by atoms with van der Waals surface area (Å²) in [5.74, 6) is -4.15. The number of halogens is 2. The Kier molecular flexibility index (Phi) is 8.42. The van der Waals surface area contributed by atoms with Crippen LogP contribution in [0.2, 0.25) is 0 Å². The summed E-state index contributed by atoms with van der Waals surface area (Å²) < 4.78 is 35.2. The highest BCUT2D eigenvalue weighted by atomic mass is 19.3. The Balaban J connectivity index is 1.62. The molecule has 10 heteroatoms. The van der Waals surface area contributed by atoms with Crippen LogP contribution < -0.4 is 10.1 Å². The molecule has 39 heavy (non-hydrogen) atoms. The van der Waals surface area contributed by atoms with Crippen LogP contribution in [0.15, 0.2) is 48.8 Å². The Hall–Kier alpha value is -3.69. The van der Waals surface area contributed by atoms with Gasteiger partial charge in [-0.25, -0.2) is 23.4 Å². The molecule has 3 aromatic rings. The molecule has 1 aliphatic carbocycles. The van der Waals surface area contributed by atoms with Crippen LogP contribution in [0.3, 0.4) is 0 Å². The Morgan fingerprint density at radius 2 is 1.90 bits per heavy atom. The highest BCUT2D eigenvalue weighted by molar-refractivity contribution is 5.89. The molecule has 1 unspecified atom stereocenters. The van der Waals surface area contributed by atoms with Crippen molar-refractivity contribution in [3.63, 3.8) is 0 Å². The molecule has 0 bridgehead atoms. The molecule has 1 aromatic carbocycles. The summed E-state index contributed by atoms with van der Waals surface area (Å²) in [6, 6.07) is 10.6. The minimum atomic E-state index is -3.12. The quantitative estimate of drug-likeness (QED) is 0.282. The minimum Gasteiger partial charge on any atom is -0.479 e. The molecule has 8 nitrogen and oxygen atoms in total. The summed E-state index contributed by atoms with van der Waals surface area (Å²) in [4.78, 5) is 31.7. The Labute approximate surface area is 227 Å². The lowest BCUT2D eigenvalue weighted by Crippen LogP contribution is -2.68. The second-order valence-electron chi connectivity index (χ2n) is 10.2. The fourth-order valence-electron chi connectivity index (χ4n) is 5.21. The number of hydrogen-bond acceptors (Lipinski definition) is 4. The van der Waals surface area contributed by atoms with Crippen LogP contribution in [-0.4, -0.2) is 56.2 Å². The normalized spacial score (nSPS) is 16.3. The molecule has 1 atom stereocenters. The molecule has 0 saturated heterocycles. The van der Waals surface area contributed by atoms with Gasteiger partial charge in [-0.05, 0) is 51.2 Å². The molecular formula is C29H36F2N4O4. The van der Waals surface area contributed by atoms with Crippen LogP contribution >= 0.6 is 0 Å². The molecule has 1 saturated carbocycles. The van der Waals surface area contributed by atoms with Crippen molar-refractivity contribution in [2.24, 2.45) is 0 Å². The van der Waals surface area contributed by atoms with Gasteiger partial charge < -0.3 is 24.6 Å². The number of carboxylic acids is 1. The molecular weight excluding hydrogens is 506 g/mol. The molecule has 1 aliphatic rings. The number of urea groups is 1. The number of aryl methyl sites for hydroxylation is 2. The number of carboxylic acid groups (broad SMARTS) is 1. The van der Waals surface area contributed by atoms with Crippen molar-refractivity contribution < 1.29 is 28.2 Å². The summed E-state index contributed by atoms with van der Waals surface area (Å²) in [7, 11) is 0. The lowest BCUT2D eigenvalue weighted by molar-refractivity contribution is -0.175. The number of alkyl halides is 2. The van der Waals surface area contributed by atoms with E-state index in [2.05, 4.69) is 10.3 Å². The number of carbonyl (C=O) groups is 2. The number of amides is 2. The molecule has 4 rings (SSSR count). The third kappa shape index (κ3) is 6.32. The first-order valence-corrected chi connectivity index (χ1v) is 13.4. The first-order chi connectivity index (χ1) is 18.6. The highest BCUT2D eigenvalue weighted by Gasteiger charge is 2.62. The summed E-state index contributed by atoms with van der Waals surface area (Å²) in [6.07, 6.45) is 4.28. The van der Waals surface area contributed by atoms with E-state index in [0.29, 0.717) is 25.5 Å². The van der Waals surface area contributed by atoms with E-state index in [1.807, 2.05) is 68.1 Å². The maximum absolute atomic E-state index is 13.8. The zero-order valence-electron chi connectivity index (χ0n) is 22.6. The molecule has 0 aliphatic heterocycles. The number of aliphatic carboxylic acids is 1. The summed E-state index contributed by atoms with van der Waals surface area (Å²) in [5.41, 5.74) is 0.700. The molecule has 0 radical (unpaired) electrons. The van der Waals surface area contributed by atoms with Gasteiger partial charge in [0.1, 0.15) is 0 Å². The van der Waals surface area contributed by atoms with E-state index in [-0.39, 0.29) is 0 Å². The first kappa shape index (κ1) is 28.3. The van der Waals surface area contributed by atoms with E-state index in [1.54, 1.807) is 11.0 Å². The molecule has 210 valence electrons. The van der Waals surface area contributed by atoms with Crippen LogP contribution in [-0.2, 0) is 17.8 Å². The molecule has 2 heterocycles. The number of nitrogens with one attached hydrogen (secondary N) is 1. The SMILES string of the molecule is CCOc1cc(C(C)N(CCCCc2ccccc2)C(=O)NC2(C(=O)O)CC(F)(F)C2)c2cn(CC)cc2n1. The second-order valence-corrected chi connectivity index (χ2v) is 10.2. The summed E-state index contributed by atoms with van der Waals surface area (Å²) >= 11 is 0. The summed E-state index contributed by atoms with van der Waals surface area (Å²) in [5, 5.41) is 13.0. The Bertz CT molecular complexity index is 1300. The fourth-order valence-corrected chi connectivity index (χ4v) is 5.21. The van der Waals surface area contributed by atoms with Crippen molar-refractivity contribution in [3.05, 3.63) is 59.9 Å². The van der Waals surface area contributed by atoms with Crippen LogP contribution in [0.5, 0.6) is 5.88 Å². The number of pyridine rings is 1. The lowest BCUT2D eigenvalue weighted by atomic mass is 9.73. The standard InChI is InChI=1S/C29H36F2N4O4/c1-4-34-16-23-22(15-25(39-5-2)32-24(23)17-34)20(3)35(14-10-9-13-21-11-7-6-8-12-21)27(38)33-28(26(36)37)18-29(30,31)19-28/h6-8,11-12,15-17,20H,4-5,9-10,13-14,18-19H2,1-3H3,(H,33,38)(H,36,37). The van der Waals surface area contributed by atoms with Crippen molar-refractivity contribution in [1.29, 1.82) is 0 Å². The van der Waals surface area contributed by atoms with Gasteiger partial charge in [0.15, 0.2) is 5.54 Å². The van der Waals surface area contributed by atoms with Crippen molar-refractivity contribution >= 4 is 22.9 Å². The molecule has 2 aromatic heterocycles. The zero-order valence-corrected chi connectivity index (χ0v) is 22.6. The van der Waals surface area contributed by atoms with Crippen molar-refractivity contribution in [2.45, 2.75) is 76.9 Å².